The standard InChI is InChI=1S/C22H28N2O4/c1-15(2)11-19(13-21(25)24-27)22(26)23-14-16-7-9-17(10-8-16)18-5-4-6-20(12-18)28-3/h4-10,12,15,19,27H,11,13-14H2,1-3H3,(H,23,26)(H,24,25). The smallest absolute Gasteiger partial charge is 0.244 e. The van der Waals surface area contributed by atoms with Crippen molar-refractivity contribution in [3.63, 3.8) is 0 Å². The molecule has 0 radical (unpaired) electrons. The van der Waals surface area contributed by atoms with Gasteiger partial charge in [0, 0.05) is 18.9 Å². The first-order valence-corrected chi connectivity index (χ1v) is 9.37. The highest BCUT2D eigenvalue weighted by Crippen LogP contribution is 2.24. The molecule has 150 valence electrons. The number of benzene rings is 2. The van der Waals surface area contributed by atoms with Crippen LogP contribution in [0.25, 0.3) is 11.1 Å². The van der Waals surface area contributed by atoms with Crippen LogP contribution in [0.1, 0.15) is 32.3 Å². The number of methoxy groups -OCH3 is 1. The van der Waals surface area contributed by atoms with Gasteiger partial charge < -0.3 is 10.1 Å². The minimum atomic E-state index is -0.552. The van der Waals surface area contributed by atoms with E-state index in [9.17, 15) is 9.59 Å². The minimum Gasteiger partial charge on any atom is -0.497 e. The van der Waals surface area contributed by atoms with Gasteiger partial charge in [0.05, 0.1) is 7.11 Å². The van der Waals surface area contributed by atoms with Gasteiger partial charge >= 0.3 is 0 Å². The molecule has 1 unspecified atom stereocenters. The maximum absolute atomic E-state index is 12.5. The molecule has 28 heavy (non-hydrogen) atoms. The first-order valence-electron chi connectivity index (χ1n) is 9.37. The number of hydrogen-bond donors (Lipinski definition) is 3. The van der Waals surface area contributed by atoms with E-state index in [1.54, 1.807) is 12.6 Å². The van der Waals surface area contributed by atoms with Gasteiger partial charge in [0.15, 0.2) is 0 Å². The maximum atomic E-state index is 12.5. The Morgan fingerprint density at radius 2 is 1.79 bits per heavy atom. The summed E-state index contributed by atoms with van der Waals surface area (Å²) in [5, 5.41) is 11.6. The third-order valence-corrected chi connectivity index (χ3v) is 4.51. The van der Waals surface area contributed by atoms with E-state index in [1.165, 1.54) is 0 Å². The van der Waals surface area contributed by atoms with E-state index in [-0.39, 0.29) is 18.2 Å². The zero-order chi connectivity index (χ0) is 20.5. The van der Waals surface area contributed by atoms with Crippen LogP contribution in [0.4, 0.5) is 0 Å². The highest BCUT2D eigenvalue weighted by atomic mass is 16.5. The molecule has 2 aromatic carbocycles. The van der Waals surface area contributed by atoms with Crippen molar-refractivity contribution in [3.8, 4) is 16.9 Å². The molecule has 6 heteroatoms. The fourth-order valence-electron chi connectivity index (χ4n) is 3.07. The number of carbonyl (C=O) groups is 2. The molecule has 2 aromatic rings. The summed E-state index contributed by atoms with van der Waals surface area (Å²) in [4.78, 5) is 23.9. The van der Waals surface area contributed by atoms with Crippen LogP contribution in [-0.4, -0.2) is 24.1 Å². The van der Waals surface area contributed by atoms with E-state index < -0.39 is 11.8 Å². The van der Waals surface area contributed by atoms with E-state index in [2.05, 4.69) is 5.32 Å². The Kier molecular flexibility index (Phi) is 8.02. The lowest BCUT2D eigenvalue weighted by Gasteiger charge is -2.18. The van der Waals surface area contributed by atoms with Gasteiger partial charge in [-0.25, -0.2) is 5.48 Å². The van der Waals surface area contributed by atoms with Crippen LogP contribution in [0.15, 0.2) is 48.5 Å². The van der Waals surface area contributed by atoms with Gasteiger partial charge in [-0.2, -0.15) is 0 Å². The molecular weight excluding hydrogens is 356 g/mol. The third-order valence-electron chi connectivity index (χ3n) is 4.51. The van der Waals surface area contributed by atoms with Crippen LogP contribution in [0.2, 0.25) is 0 Å². The topological polar surface area (TPSA) is 87.7 Å². The number of ether oxygens (including phenoxy) is 1. The predicted molar refractivity (Wildman–Crippen MR) is 108 cm³/mol. The lowest BCUT2D eigenvalue weighted by molar-refractivity contribution is -0.135. The van der Waals surface area contributed by atoms with Gasteiger partial charge in [-0.15, -0.1) is 0 Å². The molecule has 0 fully saturated rings. The van der Waals surface area contributed by atoms with Crippen LogP contribution >= 0.6 is 0 Å². The van der Waals surface area contributed by atoms with Crippen molar-refractivity contribution in [3.05, 3.63) is 54.1 Å². The summed E-state index contributed by atoms with van der Waals surface area (Å²) in [5.74, 6) is -0.137. The van der Waals surface area contributed by atoms with Crippen LogP contribution in [0.5, 0.6) is 5.75 Å². The highest BCUT2D eigenvalue weighted by molar-refractivity contribution is 5.85. The van der Waals surface area contributed by atoms with Gasteiger partial charge in [0.2, 0.25) is 11.8 Å². The summed E-state index contributed by atoms with van der Waals surface area (Å²) in [7, 11) is 1.64. The summed E-state index contributed by atoms with van der Waals surface area (Å²) in [6.45, 7) is 4.37. The Hall–Kier alpha value is -2.86. The molecule has 0 saturated heterocycles. The quantitative estimate of drug-likeness (QED) is 0.456. The van der Waals surface area contributed by atoms with Crippen molar-refractivity contribution in [2.24, 2.45) is 11.8 Å². The van der Waals surface area contributed by atoms with Crippen LogP contribution < -0.4 is 15.5 Å². The van der Waals surface area contributed by atoms with Crippen molar-refractivity contribution in [1.29, 1.82) is 0 Å². The molecule has 0 aromatic heterocycles. The first kappa shape index (κ1) is 21.4. The maximum Gasteiger partial charge on any atom is 0.244 e. The van der Waals surface area contributed by atoms with Crippen LogP contribution in [0.3, 0.4) is 0 Å². The molecule has 1 atom stereocenters. The average molecular weight is 384 g/mol. The summed E-state index contributed by atoms with van der Waals surface area (Å²) < 4.78 is 5.26. The SMILES string of the molecule is COc1cccc(-c2ccc(CNC(=O)C(CC(=O)NO)CC(C)C)cc2)c1. The van der Waals surface area contributed by atoms with Crippen molar-refractivity contribution in [2.75, 3.05) is 7.11 Å². The number of amides is 2. The van der Waals surface area contributed by atoms with E-state index in [0.29, 0.717) is 13.0 Å². The summed E-state index contributed by atoms with van der Waals surface area (Å²) in [5.41, 5.74) is 4.69. The number of hydroxylamine groups is 1. The van der Waals surface area contributed by atoms with E-state index >= 15 is 0 Å². The van der Waals surface area contributed by atoms with E-state index in [4.69, 9.17) is 9.94 Å². The Bertz CT molecular complexity index is 787. The summed E-state index contributed by atoms with van der Waals surface area (Å²) in [6.07, 6.45) is 0.545. The minimum absolute atomic E-state index is 0.0324. The van der Waals surface area contributed by atoms with E-state index in [0.717, 1.165) is 22.4 Å². The molecule has 2 amide bonds. The Labute approximate surface area is 165 Å². The Balaban J connectivity index is 1.98. The van der Waals surface area contributed by atoms with Crippen LogP contribution in [0, 0.1) is 11.8 Å². The Morgan fingerprint density at radius 3 is 2.39 bits per heavy atom. The predicted octanol–water partition coefficient (Wildman–Crippen LogP) is 3.54. The monoisotopic (exact) mass is 384 g/mol. The molecule has 0 spiro atoms. The zero-order valence-electron chi connectivity index (χ0n) is 16.6. The zero-order valence-corrected chi connectivity index (χ0v) is 16.6. The normalized spacial score (nSPS) is 11.8. The van der Waals surface area contributed by atoms with Crippen molar-refractivity contribution in [1.82, 2.24) is 10.8 Å². The van der Waals surface area contributed by atoms with E-state index in [1.807, 2.05) is 62.4 Å². The molecular formula is C22H28N2O4. The Morgan fingerprint density at radius 1 is 1.07 bits per heavy atom. The molecule has 0 bridgehead atoms. The van der Waals surface area contributed by atoms with Gasteiger partial charge in [-0.05, 0) is 41.2 Å². The van der Waals surface area contributed by atoms with Crippen LogP contribution in [-0.2, 0) is 16.1 Å². The molecule has 0 heterocycles. The van der Waals surface area contributed by atoms with Crippen molar-refractivity contribution >= 4 is 11.8 Å². The largest absolute Gasteiger partial charge is 0.497 e. The van der Waals surface area contributed by atoms with Gasteiger partial charge in [0.25, 0.3) is 0 Å². The van der Waals surface area contributed by atoms with Gasteiger partial charge in [0.1, 0.15) is 5.75 Å². The van der Waals surface area contributed by atoms with Crippen molar-refractivity contribution in [2.45, 2.75) is 33.2 Å². The highest BCUT2D eigenvalue weighted by Gasteiger charge is 2.22. The lowest BCUT2D eigenvalue weighted by atomic mass is 9.93. The van der Waals surface area contributed by atoms with Gasteiger partial charge in [-0.1, -0.05) is 50.2 Å². The first-order chi connectivity index (χ1) is 13.4. The number of hydrogen-bond acceptors (Lipinski definition) is 4. The lowest BCUT2D eigenvalue weighted by Crippen LogP contribution is -2.34. The second-order valence-electron chi connectivity index (χ2n) is 7.21. The molecule has 2 rings (SSSR count). The molecule has 0 aliphatic rings. The fraction of sp³-hybridized carbons (Fsp3) is 0.364. The van der Waals surface area contributed by atoms with Crippen molar-refractivity contribution < 1.29 is 19.5 Å². The number of rotatable bonds is 9. The molecule has 0 aliphatic carbocycles. The second-order valence-corrected chi connectivity index (χ2v) is 7.21. The molecule has 0 saturated carbocycles. The third kappa shape index (κ3) is 6.39. The molecule has 3 N–H and O–H groups in total. The fourth-order valence-corrected chi connectivity index (χ4v) is 3.07. The number of carbonyl (C=O) groups excluding carboxylic acids is 2. The van der Waals surface area contributed by atoms with Gasteiger partial charge in [-0.3, -0.25) is 14.8 Å². The summed E-state index contributed by atoms with van der Waals surface area (Å²) in [6, 6.07) is 15.8. The molecule has 0 aliphatic heterocycles. The summed E-state index contributed by atoms with van der Waals surface area (Å²) >= 11 is 0. The average Bonchev–Trinajstić information content (AvgIpc) is 2.71. The second kappa shape index (κ2) is 10.5. The number of nitrogens with one attached hydrogen (secondary N) is 2. The molecule has 6 nitrogen and oxygen atoms in total.